The van der Waals surface area contributed by atoms with Crippen LogP contribution in [0.25, 0.3) is 0 Å². The third-order valence-corrected chi connectivity index (χ3v) is 4.92. The van der Waals surface area contributed by atoms with Crippen LogP contribution < -0.4 is 5.73 Å². The summed E-state index contributed by atoms with van der Waals surface area (Å²) in [7, 11) is 0. The lowest BCUT2D eigenvalue weighted by Gasteiger charge is -2.32. The molecule has 0 radical (unpaired) electrons. The number of hydrogen-bond donors (Lipinski definition) is 1. The van der Waals surface area contributed by atoms with Crippen LogP contribution in [0.5, 0.6) is 0 Å². The predicted octanol–water partition coefficient (Wildman–Crippen LogP) is 3.82. The van der Waals surface area contributed by atoms with Gasteiger partial charge in [-0.2, -0.15) is 0 Å². The van der Waals surface area contributed by atoms with Crippen molar-refractivity contribution >= 4 is 27.3 Å². The van der Waals surface area contributed by atoms with Gasteiger partial charge in [-0.05, 0) is 39.7 Å². The van der Waals surface area contributed by atoms with Crippen LogP contribution >= 0.6 is 27.3 Å². The van der Waals surface area contributed by atoms with Crippen LogP contribution in [-0.4, -0.2) is 5.54 Å². The Balaban J connectivity index is 2.80. The molecule has 0 aliphatic carbocycles. The van der Waals surface area contributed by atoms with Gasteiger partial charge in [-0.25, -0.2) is 0 Å². The van der Waals surface area contributed by atoms with Gasteiger partial charge in [0.25, 0.3) is 0 Å². The van der Waals surface area contributed by atoms with Gasteiger partial charge in [0, 0.05) is 21.3 Å². The molecule has 0 saturated carbocycles. The van der Waals surface area contributed by atoms with Crippen LogP contribution in [0.4, 0.5) is 0 Å². The molecule has 0 fully saturated rings. The SMILES string of the molecule is CCC(N)(Cc1sccc1Br)C(C)C. The Labute approximate surface area is 98.8 Å². The highest BCUT2D eigenvalue weighted by atomic mass is 79.9. The van der Waals surface area contributed by atoms with Crippen molar-refractivity contribution in [3.8, 4) is 0 Å². The van der Waals surface area contributed by atoms with Crippen LogP contribution in [0, 0.1) is 5.92 Å². The lowest BCUT2D eigenvalue weighted by Crippen LogP contribution is -2.46. The Morgan fingerprint density at radius 2 is 2.21 bits per heavy atom. The summed E-state index contributed by atoms with van der Waals surface area (Å²) in [6, 6.07) is 2.09. The van der Waals surface area contributed by atoms with E-state index < -0.39 is 0 Å². The fraction of sp³-hybridized carbons (Fsp3) is 0.636. The van der Waals surface area contributed by atoms with Crippen LogP contribution in [0.3, 0.4) is 0 Å². The van der Waals surface area contributed by atoms with Crippen LogP contribution in [0.1, 0.15) is 32.1 Å². The van der Waals surface area contributed by atoms with Gasteiger partial charge in [0.05, 0.1) is 0 Å². The molecule has 2 N–H and O–H groups in total. The summed E-state index contributed by atoms with van der Waals surface area (Å²) < 4.78 is 1.20. The van der Waals surface area contributed by atoms with Gasteiger partial charge >= 0.3 is 0 Å². The summed E-state index contributed by atoms with van der Waals surface area (Å²) in [5, 5.41) is 2.11. The normalized spacial score (nSPS) is 15.9. The first kappa shape index (κ1) is 12.2. The highest BCUT2D eigenvalue weighted by Gasteiger charge is 2.28. The Kier molecular flexibility index (Phi) is 4.16. The maximum absolute atomic E-state index is 6.39. The Hall–Kier alpha value is 0.140. The zero-order chi connectivity index (χ0) is 10.8. The smallest absolute Gasteiger partial charge is 0.0315 e. The second-order valence-corrected chi connectivity index (χ2v) is 5.96. The topological polar surface area (TPSA) is 26.0 Å². The molecule has 0 saturated heterocycles. The minimum absolute atomic E-state index is 0.0621. The van der Waals surface area contributed by atoms with Gasteiger partial charge in [0.2, 0.25) is 0 Å². The second-order valence-electron chi connectivity index (χ2n) is 4.11. The maximum atomic E-state index is 6.39. The number of hydrogen-bond acceptors (Lipinski definition) is 2. The van der Waals surface area contributed by atoms with E-state index in [-0.39, 0.29) is 5.54 Å². The van der Waals surface area contributed by atoms with Gasteiger partial charge < -0.3 is 5.73 Å². The van der Waals surface area contributed by atoms with Gasteiger partial charge in [-0.15, -0.1) is 11.3 Å². The molecule has 1 rings (SSSR count). The molecule has 3 heteroatoms. The summed E-state index contributed by atoms with van der Waals surface area (Å²) in [5.74, 6) is 0.515. The Bertz CT molecular complexity index is 295. The van der Waals surface area contributed by atoms with Crippen molar-refractivity contribution in [1.82, 2.24) is 0 Å². The lowest BCUT2D eigenvalue weighted by molar-refractivity contribution is 0.297. The molecule has 1 aromatic rings. The molecular formula is C11H18BrNS. The monoisotopic (exact) mass is 275 g/mol. The van der Waals surface area contributed by atoms with Crippen LogP contribution in [0.15, 0.2) is 15.9 Å². The van der Waals surface area contributed by atoms with E-state index in [1.807, 2.05) is 0 Å². The van der Waals surface area contributed by atoms with Gasteiger partial charge in [-0.1, -0.05) is 20.8 Å². The van der Waals surface area contributed by atoms with Crippen molar-refractivity contribution in [3.63, 3.8) is 0 Å². The first-order valence-electron chi connectivity index (χ1n) is 5.00. The van der Waals surface area contributed by atoms with E-state index in [0.717, 1.165) is 12.8 Å². The molecule has 0 aliphatic heterocycles. The number of rotatable bonds is 4. The van der Waals surface area contributed by atoms with E-state index >= 15 is 0 Å². The maximum Gasteiger partial charge on any atom is 0.0315 e. The van der Waals surface area contributed by atoms with E-state index in [1.165, 1.54) is 9.35 Å². The third-order valence-electron chi connectivity index (χ3n) is 2.99. The van der Waals surface area contributed by atoms with Crippen molar-refractivity contribution in [3.05, 3.63) is 20.8 Å². The standard InChI is InChI=1S/C11H18BrNS/c1-4-11(13,8(2)3)7-10-9(12)5-6-14-10/h5-6,8H,4,7,13H2,1-3H3. The first-order chi connectivity index (χ1) is 6.49. The minimum atomic E-state index is -0.0621. The van der Waals surface area contributed by atoms with Crippen LogP contribution in [0.2, 0.25) is 0 Å². The molecule has 1 aromatic heterocycles. The third kappa shape index (κ3) is 2.59. The molecule has 0 amide bonds. The highest BCUT2D eigenvalue weighted by Crippen LogP contribution is 2.30. The van der Waals surface area contributed by atoms with Crippen molar-refractivity contribution in [2.45, 2.75) is 39.2 Å². The number of thiophene rings is 1. The Morgan fingerprint density at radius 1 is 1.57 bits per heavy atom. The zero-order valence-corrected chi connectivity index (χ0v) is 11.4. The molecule has 80 valence electrons. The molecule has 1 atom stereocenters. The largest absolute Gasteiger partial charge is 0.325 e. The molecule has 0 aromatic carbocycles. The van der Waals surface area contributed by atoms with E-state index in [1.54, 1.807) is 11.3 Å². The number of nitrogens with two attached hydrogens (primary N) is 1. The summed E-state index contributed by atoms with van der Waals surface area (Å²) in [6.45, 7) is 6.57. The summed E-state index contributed by atoms with van der Waals surface area (Å²) in [5.41, 5.74) is 6.32. The summed E-state index contributed by atoms with van der Waals surface area (Å²) in [6.07, 6.45) is 1.99. The lowest BCUT2D eigenvalue weighted by atomic mass is 9.81. The predicted molar refractivity (Wildman–Crippen MR) is 67.8 cm³/mol. The molecule has 14 heavy (non-hydrogen) atoms. The molecule has 0 aliphatic rings. The molecule has 0 bridgehead atoms. The van der Waals surface area contributed by atoms with E-state index in [9.17, 15) is 0 Å². The summed E-state index contributed by atoms with van der Waals surface area (Å²) in [4.78, 5) is 1.36. The summed E-state index contributed by atoms with van der Waals surface area (Å²) >= 11 is 5.33. The van der Waals surface area contributed by atoms with Gasteiger partial charge in [0.1, 0.15) is 0 Å². The second kappa shape index (κ2) is 4.77. The van der Waals surface area contributed by atoms with Crippen molar-refractivity contribution in [2.75, 3.05) is 0 Å². The van der Waals surface area contributed by atoms with E-state index in [2.05, 4.69) is 48.1 Å². The fourth-order valence-electron chi connectivity index (χ4n) is 1.49. The molecule has 1 nitrogen and oxygen atoms in total. The van der Waals surface area contributed by atoms with Crippen molar-refractivity contribution in [1.29, 1.82) is 0 Å². The molecule has 0 spiro atoms. The van der Waals surface area contributed by atoms with Crippen molar-refractivity contribution < 1.29 is 0 Å². The average Bonchev–Trinajstić information content (AvgIpc) is 2.51. The van der Waals surface area contributed by atoms with E-state index in [0.29, 0.717) is 5.92 Å². The number of halogens is 1. The molecule has 1 unspecified atom stereocenters. The fourth-order valence-corrected chi connectivity index (χ4v) is 3.12. The van der Waals surface area contributed by atoms with Crippen LogP contribution in [-0.2, 0) is 6.42 Å². The van der Waals surface area contributed by atoms with Gasteiger partial charge in [-0.3, -0.25) is 0 Å². The van der Waals surface area contributed by atoms with E-state index in [4.69, 9.17) is 5.73 Å². The zero-order valence-electron chi connectivity index (χ0n) is 9.01. The minimum Gasteiger partial charge on any atom is -0.325 e. The first-order valence-corrected chi connectivity index (χ1v) is 6.67. The Morgan fingerprint density at radius 3 is 2.57 bits per heavy atom. The molecular weight excluding hydrogens is 258 g/mol. The average molecular weight is 276 g/mol. The highest BCUT2D eigenvalue weighted by molar-refractivity contribution is 9.10. The van der Waals surface area contributed by atoms with Crippen molar-refractivity contribution in [2.24, 2.45) is 11.7 Å². The molecule has 1 heterocycles. The van der Waals surface area contributed by atoms with Gasteiger partial charge in [0.15, 0.2) is 0 Å². The quantitative estimate of drug-likeness (QED) is 0.889.